The Hall–Kier alpha value is -0.790. The van der Waals surface area contributed by atoms with Gasteiger partial charge in [0.25, 0.3) is 5.91 Å². The Morgan fingerprint density at radius 3 is 2.71 bits per heavy atom. The summed E-state index contributed by atoms with van der Waals surface area (Å²) in [5.74, 6) is -0.847. The standard InChI is InChI=1S/C9H6BrClF3NO2/c10-6-3-1-2-5(7(6)11)8(16)15-17-4-9(12,13)14/h1-3H,4H2,(H,15,16). The van der Waals surface area contributed by atoms with Gasteiger partial charge in [0.2, 0.25) is 0 Å². The second-order valence-corrected chi connectivity index (χ2v) is 4.17. The van der Waals surface area contributed by atoms with Gasteiger partial charge in [-0.05, 0) is 28.1 Å². The lowest BCUT2D eigenvalue weighted by atomic mass is 10.2. The third kappa shape index (κ3) is 4.53. The van der Waals surface area contributed by atoms with Crippen LogP contribution in [0.5, 0.6) is 0 Å². The molecule has 1 aromatic rings. The number of rotatable bonds is 3. The zero-order valence-corrected chi connectivity index (χ0v) is 10.5. The Labute approximate surface area is 108 Å². The third-order valence-corrected chi connectivity index (χ3v) is 2.89. The predicted molar refractivity (Wildman–Crippen MR) is 58.6 cm³/mol. The zero-order chi connectivity index (χ0) is 13.1. The molecule has 0 spiro atoms. The lowest BCUT2D eigenvalue weighted by molar-refractivity contribution is -0.184. The van der Waals surface area contributed by atoms with Crippen molar-refractivity contribution in [2.45, 2.75) is 6.18 Å². The van der Waals surface area contributed by atoms with E-state index in [1.165, 1.54) is 12.1 Å². The van der Waals surface area contributed by atoms with Gasteiger partial charge in [0.05, 0.1) is 10.6 Å². The van der Waals surface area contributed by atoms with E-state index in [0.29, 0.717) is 4.47 Å². The van der Waals surface area contributed by atoms with Gasteiger partial charge in [-0.3, -0.25) is 9.63 Å². The number of halogens is 5. The van der Waals surface area contributed by atoms with Gasteiger partial charge >= 0.3 is 6.18 Å². The second-order valence-electron chi connectivity index (χ2n) is 2.94. The molecule has 0 radical (unpaired) electrons. The SMILES string of the molecule is O=C(NOCC(F)(F)F)c1cccc(Br)c1Cl. The van der Waals surface area contributed by atoms with Gasteiger partial charge in [-0.25, -0.2) is 5.48 Å². The number of carbonyl (C=O) groups excluding carboxylic acids is 1. The molecular formula is C9H6BrClF3NO2. The van der Waals surface area contributed by atoms with E-state index in [0.717, 1.165) is 0 Å². The molecule has 0 unspecified atom stereocenters. The van der Waals surface area contributed by atoms with Crippen LogP contribution in [0.4, 0.5) is 13.2 Å². The van der Waals surface area contributed by atoms with Gasteiger partial charge in [-0.2, -0.15) is 13.2 Å². The summed E-state index contributed by atoms with van der Waals surface area (Å²) in [5.41, 5.74) is 1.68. The molecule has 17 heavy (non-hydrogen) atoms. The molecule has 0 aliphatic rings. The summed E-state index contributed by atoms with van der Waals surface area (Å²) in [5, 5.41) is 0.0978. The number of hydrogen-bond donors (Lipinski definition) is 1. The van der Waals surface area contributed by atoms with E-state index < -0.39 is 18.7 Å². The van der Waals surface area contributed by atoms with Crippen molar-refractivity contribution in [1.29, 1.82) is 0 Å². The average molecular weight is 333 g/mol. The highest BCUT2D eigenvalue weighted by Crippen LogP contribution is 2.25. The van der Waals surface area contributed by atoms with Crippen LogP contribution in [0, 0.1) is 0 Å². The number of hydroxylamine groups is 1. The number of amides is 1. The van der Waals surface area contributed by atoms with E-state index >= 15 is 0 Å². The van der Waals surface area contributed by atoms with Crippen LogP contribution in [-0.4, -0.2) is 18.7 Å². The van der Waals surface area contributed by atoms with Crippen LogP contribution in [0.1, 0.15) is 10.4 Å². The largest absolute Gasteiger partial charge is 0.414 e. The van der Waals surface area contributed by atoms with E-state index in [1.54, 1.807) is 11.5 Å². The Morgan fingerprint density at radius 2 is 2.12 bits per heavy atom. The van der Waals surface area contributed by atoms with Crippen LogP contribution >= 0.6 is 27.5 Å². The fourth-order valence-corrected chi connectivity index (χ4v) is 1.50. The summed E-state index contributed by atoms with van der Waals surface area (Å²) in [7, 11) is 0. The molecule has 94 valence electrons. The summed E-state index contributed by atoms with van der Waals surface area (Å²) in [6.07, 6.45) is -4.51. The van der Waals surface area contributed by atoms with Gasteiger partial charge in [0.15, 0.2) is 6.61 Å². The maximum absolute atomic E-state index is 11.7. The monoisotopic (exact) mass is 331 g/mol. The molecule has 0 saturated heterocycles. The number of hydrogen-bond acceptors (Lipinski definition) is 2. The van der Waals surface area contributed by atoms with Crippen LogP contribution in [0.25, 0.3) is 0 Å². The lowest BCUT2D eigenvalue weighted by Crippen LogP contribution is -2.29. The van der Waals surface area contributed by atoms with E-state index in [-0.39, 0.29) is 10.6 Å². The molecule has 1 rings (SSSR count). The highest BCUT2D eigenvalue weighted by atomic mass is 79.9. The molecule has 1 aromatic carbocycles. The molecule has 0 atom stereocenters. The zero-order valence-electron chi connectivity index (χ0n) is 8.15. The molecule has 0 heterocycles. The maximum Gasteiger partial charge on any atom is 0.414 e. The summed E-state index contributed by atoms with van der Waals surface area (Å²) < 4.78 is 35.7. The molecule has 8 heteroatoms. The quantitative estimate of drug-likeness (QED) is 0.862. The molecule has 0 aromatic heterocycles. The second kappa shape index (κ2) is 5.70. The molecule has 3 nitrogen and oxygen atoms in total. The molecule has 1 amide bonds. The number of alkyl halides is 3. The summed E-state index contributed by atoms with van der Waals surface area (Å²) in [6, 6.07) is 4.48. The van der Waals surface area contributed by atoms with Gasteiger partial charge in [-0.1, -0.05) is 17.7 Å². The minimum Gasteiger partial charge on any atom is -0.267 e. The number of carbonyl (C=O) groups is 1. The molecule has 0 aliphatic heterocycles. The number of benzene rings is 1. The maximum atomic E-state index is 11.7. The molecule has 1 N–H and O–H groups in total. The molecule has 0 bridgehead atoms. The van der Waals surface area contributed by atoms with Crippen molar-refractivity contribution in [3.05, 3.63) is 33.3 Å². The Bertz CT molecular complexity index is 425. The minimum absolute atomic E-state index is 0.0169. The molecule has 0 aliphatic carbocycles. The highest BCUT2D eigenvalue weighted by molar-refractivity contribution is 9.10. The topological polar surface area (TPSA) is 38.3 Å². The first-order valence-corrected chi connectivity index (χ1v) is 5.41. The van der Waals surface area contributed by atoms with Crippen LogP contribution < -0.4 is 5.48 Å². The third-order valence-electron chi connectivity index (χ3n) is 1.60. The lowest BCUT2D eigenvalue weighted by Gasteiger charge is -2.09. The first-order valence-electron chi connectivity index (χ1n) is 4.24. The predicted octanol–water partition coefficient (Wildman–Crippen LogP) is 3.33. The van der Waals surface area contributed by atoms with Gasteiger partial charge < -0.3 is 0 Å². The van der Waals surface area contributed by atoms with Crippen LogP contribution in [0.2, 0.25) is 5.02 Å². The van der Waals surface area contributed by atoms with E-state index in [2.05, 4.69) is 20.8 Å². The van der Waals surface area contributed by atoms with Crippen LogP contribution in [0.3, 0.4) is 0 Å². The summed E-state index contributed by atoms with van der Waals surface area (Å²) in [4.78, 5) is 15.4. The van der Waals surface area contributed by atoms with Gasteiger partial charge in [-0.15, -0.1) is 0 Å². The van der Waals surface area contributed by atoms with Crippen molar-refractivity contribution in [2.75, 3.05) is 6.61 Å². The van der Waals surface area contributed by atoms with Crippen molar-refractivity contribution in [3.8, 4) is 0 Å². The van der Waals surface area contributed by atoms with Gasteiger partial charge in [0, 0.05) is 4.47 Å². The van der Waals surface area contributed by atoms with Crippen LogP contribution in [0.15, 0.2) is 22.7 Å². The number of nitrogens with one attached hydrogen (secondary N) is 1. The van der Waals surface area contributed by atoms with Crippen LogP contribution in [-0.2, 0) is 4.84 Å². The average Bonchev–Trinajstić information content (AvgIpc) is 2.20. The smallest absolute Gasteiger partial charge is 0.267 e. The fraction of sp³-hybridized carbons (Fsp3) is 0.222. The van der Waals surface area contributed by atoms with E-state index in [1.807, 2.05) is 0 Å². The van der Waals surface area contributed by atoms with E-state index in [9.17, 15) is 18.0 Å². The molecular weight excluding hydrogens is 326 g/mol. The van der Waals surface area contributed by atoms with Crippen molar-refractivity contribution >= 4 is 33.4 Å². The summed E-state index contributed by atoms with van der Waals surface area (Å²) in [6.45, 7) is -1.57. The summed E-state index contributed by atoms with van der Waals surface area (Å²) >= 11 is 8.85. The van der Waals surface area contributed by atoms with E-state index in [4.69, 9.17) is 11.6 Å². The van der Waals surface area contributed by atoms with Crippen molar-refractivity contribution in [1.82, 2.24) is 5.48 Å². The first kappa shape index (κ1) is 14.3. The Balaban J connectivity index is 2.62. The highest BCUT2D eigenvalue weighted by Gasteiger charge is 2.28. The Morgan fingerprint density at radius 1 is 1.47 bits per heavy atom. The minimum atomic E-state index is -4.51. The molecule has 0 saturated carbocycles. The van der Waals surface area contributed by atoms with Crippen molar-refractivity contribution < 1.29 is 22.8 Å². The van der Waals surface area contributed by atoms with Crippen molar-refractivity contribution in [3.63, 3.8) is 0 Å². The molecule has 0 fully saturated rings. The first-order chi connectivity index (χ1) is 7.81. The Kier molecular flexibility index (Phi) is 4.79. The van der Waals surface area contributed by atoms with Gasteiger partial charge in [0.1, 0.15) is 0 Å². The fourth-order valence-electron chi connectivity index (χ4n) is 0.918. The van der Waals surface area contributed by atoms with Crippen molar-refractivity contribution in [2.24, 2.45) is 0 Å². The normalized spacial score (nSPS) is 11.4.